The molecule has 34 heavy (non-hydrogen) atoms. The number of nitrogens with two attached hydrogens (primary N) is 1. The predicted molar refractivity (Wildman–Crippen MR) is 130 cm³/mol. The normalized spacial score (nSPS) is 17.0. The fourth-order valence-electron chi connectivity index (χ4n) is 4.37. The molecule has 174 valence electrons. The van der Waals surface area contributed by atoms with E-state index in [-0.39, 0.29) is 30.3 Å². The van der Waals surface area contributed by atoms with Gasteiger partial charge >= 0.3 is 0 Å². The summed E-state index contributed by atoms with van der Waals surface area (Å²) in [5, 5.41) is 3.26. The maximum absolute atomic E-state index is 13.1. The number of hydrogen-bond acceptors (Lipinski definition) is 6. The van der Waals surface area contributed by atoms with Crippen molar-refractivity contribution >= 4 is 39.7 Å². The van der Waals surface area contributed by atoms with E-state index in [1.165, 1.54) is 11.3 Å². The van der Waals surface area contributed by atoms with Crippen LogP contribution in [0.2, 0.25) is 0 Å². The average molecular weight is 478 g/mol. The first-order valence-electron chi connectivity index (χ1n) is 10.9. The SMILES string of the molecule is Cc1sc(NC(=O)C2CC(=O)N(c3ccc4c(c3)OCCO4)C2)c(C(N)=O)c1-c1ccccc1. The van der Waals surface area contributed by atoms with Crippen LogP contribution in [0.5, 0.6) is 11.5 Å². The van der Waals surface area contributed by atoms with Crippen molar-refractivity contribution in [2.75, 3.05) is 30.0 Å². The number of primary amides is 1. The van der Waals surface area contributed by atoms with E-state index in [4.69, 9.17) is 15.2 Å². The van der Waals surface area contributed by atoms with Gasteiger partial charge in [0, 0.05) is 35.2 Å². The molecule has 0 saturated carbocycles. The molecule has 0 bridgehead atoms. The van der Waals surface area contributed by atoms with Gasteiger partial charge in [-0.15, -0.1) is 11.3 Å². The Morgan fingerprint density at radius 2 is 1.82 bits per heavy atom. The molecule has 1 saturated heterocycles. The molecular weight excluding hydrogens is 454 g/mol. The number of nitrogens with one attached hydrogen (secondary N) is 1. The minimum Gasteiger partial charge on any atom is -0.486 e. The first-order chi connectivity index (χ1) is 16.4. The summed E-state index contributed by atoms with van der Waals surface area (Å²) in [6.07, 6.45) is 0.0715. The van der Waals surface area contributed by atoms with Gasteiger partial charge in [-0.3, -0.25) is 14.4 Å². The molecule has 8 nitrogen and oxygen atoms in total. The predicted octanol–water partition coefficient (Wildman–Crippen LogP) is 3.59. The number of anilines is 2. The molecule has 2 aliphatic heterocycles. The lowest BCUT2D eigenvalue weighted by Gasteiger charge is -2.22. The highest BCUT2D eigenvalue weighted by molar-refractivity contribution is 7.17. The van der Waals surface area contributed by atoms with Crippen LogP contribution in [0.15, 0.2) is 48.5 Å². The number of thiophene rings is 1. The van der Waals surface area contributed by atoms with Gasteiger partial charge in [-0.1, -0.05) is 30.3 Å². The molecule has 2 aromatic carbocycles. The highest BCUT2D eigenvalue weighted by atomic mass is 32.1. The molecule has 3 heterocycles. The summed E-state index contributed by atoms with van der Waals surface area (Å²) in [6, 6.07) is 14.8. The Morgan fingerprint density at radius 1 is 1.09 bits per heavy atom. The molecule has 1 unspecified atom stereocenters. The summed E-state index contributed by atoms with van der Waals surface area (Å²) >= 11 is 1.30. The molecule has 1 aromatic heterocycles. The Bertz CT molecular complexity index is 1290. The van der Waals surface area contributed by atoms with Crippen LogP contribution < -0.4 is 25.4 Å². The molecule has 0 aliphatic carbocycles. The third-order valence-electron chi connectivity index (χ3n) is 5.96. The summed E-state index contributed by atoms with van der Waals surface area (Å²) < 4.78 is 11.2. The van der Waals surface area contributed by atoms with E-state index in [9.17, 15) is 14.4 Å². The Kier molecular flexibility index (Phi) is 5.70. The van der Waals surface area contributed by atoms with Crippen molar-refractivity contribution in [3.05, 3.63) is 59.0 Å². The van der Waals surface area contributed by atoms with Crippen LogP contribution in [0.4, 0.5) is 10.7 Å². The van der Waals surface area contributed by atoms with E-state index in [0.717, 1.165) is 10.4 Å². The van der Waals surface area contributed by atoms with Gasteiger partial charge in [0.1, 0.15) is 18.2 Å². The molecule has 2 aliphatic rings. The third-order valence-corrected chi connectivity index (χ3v) is 6.98. The molecule has 5 rings (SSSR count). The van der Waals surface area contributed by atoms with Crippen LogP contribution in [0.25, 0.3) is 11.1 Å². The molecule has 1 fully saturated rings. The summed E-state index contributed by atoms with van der Waals surface area (Å²) in [6.45, 7) is 3.05. The number of amides is 3. The van der Waals surface area contributed by atoms with Crippen LogP contribution in [0.3, 0.4) is 0 Å². The molecule has 9 heteroatoms. The van der Waals surface area contributed by atoms with E-state index < -0.39 is 11.8 Å². The number of hydrogen-bond donors (Lipinski definition) is 2. The van der Waals surface area contributed by atoms with E-state index in [1.54, 1.807) is 23.1 Å². The van der Waals surface area contributed by atoms with Gasteiger partial charge in [0.2, 0.25) is 11.8 Å². The second kappa shape index (κ2) is 8.83. The van der Waals surface area contributed by atoms with E-state index >= 15 is 0 Å². The number of aryl methyl sites for hydroxylation is 1. The monoisotopic (exact) mass is 477 g/mol. The van der Waals surface area contributed by atoms with Crippen LogP contribution in [0.1, 0.15) is 21.7 Å². The van der Waals surface area contributed by atoms with Crippen molar-refractivity contribution in [1.29, 1.82) is 0 Å². The lowest BCUT2D eigenvalue weighted by molar-refractivity contribution is -0.122. The lowest BCUT2D eigenvalue weighted by Crippen LogP contribution is -2.28. The standard InChI is InChI=1S/C25H23N3O5S/c1-14-21(15-5-3-2-4-6-15)22(23(26)30)25(34-14)27-24(31)16-11-20(29)28(13-16)17-7-8-18-19(12-17)33-10-9-32-18/h2-8,12,16H,9-11,13H2,1H3,(H2,26,30)(H,27,31). The van der Waals surface area contributed by atoms with E-state index in [1.807, 2.05) is 37.3 Å². The lowest BCUT2D eigenvalue weighted by atomic mass is 10.0. The zero-order valence-corrected chi connectivity index (χ0v) is 19.3. The molecule has 3 N–H and O–H groups in total. The minimum absolute atomic E-state index is 0.0715. The number of nitrogens with zero attached hydrogens (tertiary/aromatic N) is 1. The fraction of sp³-hybridized carbons (Fsp3) is 0.240. The summed E-state index contributed by atoms with van der Waals surface area (Å²) in [5.41, 5.74) is 8.21. The zero-order chi connectivity index (χ0) is 23.8. The van der Waals surface area contributed by atoms with Gasteiger partial charge in [-0.05, 0) is 24.6 Å². The first-order valence-corrected chi connectivity index (χ1v) is 11.7. The zero-order valence-electron chi connectivity index (χ0n) is 18.5. The maximum Gasteiger partial charge on any atom is 0.252 e. The molecule has 0 radical (unpaired) electrons. The minimum atomic E-state index is -0.612. The summed E-state index contributed by atoms with van der Waals surface area (Å²) in [5.74, 6) is -0.436. The maximum atomic E-state index is 13.1. The number of ether oxygens (including phenoxy) is 2. The van der Waals surface area contributed by atoms with Crippen molar-refractivity contribution in [2.45, 2.75) is 13.3 Å². The molecule has 1 atom stereocenters. The summed E-state index contributed by atoms with van der Waals surface area (Å²) in [4.78, 5) is 40.6. The van der Waals surface area contributed by atoms with Gasteiger partial charge in [-0.2, -0.15) is 0 Å². The molecular formula is C25H23N3O5S. The molecule has 0 spiro atoms. The number of carbonyl (C=O) groups is 3. The quantitative estimate of drug-likeness (QED) is 0.584. The molecule has 3 amide bonds. The Hall–Kier alpha value is -3.85. The van der Waals surface area contributed by atoms with Crippen molar-refractivity contribution in [3.63, 3.8) is 0 Å². The van der Waals surface area contributed by atoms with Gasteiger partial charge in [0.25, 0.3) is 5.91 Å². The highest BCUT2D eigenvalue weighted by Crippen LogP contribution is 2.40. The topological polar surface area (TPSA) is 111 Å². The van der Waals surface area contributed by atoms with E-state index in [0.29, 0.717) is 41.0 Å². The smallest absolute Gasteiger partial charge is 0.252 e. The van der Waals surface area contributed by atoms with Gasteiger partial charge in [0.15, 0.2) is 11.5 Å². The number of benzene rings is 2. The first kappa shape index (κ1) is 22.0. The number of fused-ring (bicyclic) bond motifs is 1. The van der Waals surface area contributed by atoms with Gasteiger partial charge in [0.05, 0.1) is 11.5 Å². The Balaban J connectivity index is 1.36. The summed E-state index contributed by atoms with van der Waals surface area (Å²) in [7, 11) is 0. The van der Waals surface area contributed by atoms with Crippen LogP contribution in [0, 0.1) is 12.8 Å². The fourth-order valence-corrected chi connectivity index (χ4v) is 5.45. The van der Waals surface area contributed by atoms with Gasteiger partial charge < -0.3 is 25.4 Å². The third kappa shape index (κ3) is 3.99. The largest absolute Gasteiger partial charge is 0.486 e. The van der Waals surface area contributed by atoms with Crippen molar-refractivity contribution in [1.82, 2.24) is 0 Å². The van der Waals surface area contributed by atoms with Crippen molar-refractivity contribution in [3.8, 4) is 22.6 Å². The molecule has 3 aromatic rings. The van der Waals surface area contributed by atoms with Crippen LogP contribution in [-0.2, 0) is 9.59 Å². The highest BCUT2D eigenvalue weighted by Gasteiger charge is 2.36. The number of rotatable bonds is 5. The van der Waals surface area contributed by atoms with Gasteiger partial charge in [-0.25, -0.2) is 0 Å². The second-order valence-corrected chi connectivity index (χ2v) is 9.41. The second-order valence-electron chi connectivity index (χ2n) is 8.19. The van der Waals surface area contributed by atoms with E-state index in [2.05, 4.69) is 5.32 Å². The average Bonchev–Trinajstić information content (AvgIpc) is 3.39. The van der Waals surface area contributed by atoms with Crippen molar-refractivity contribution in [2.24, 2.45) is 11.7 Å². The Labute approximate surface area is 200 Å². The Morgan fingerprint density at radius 3 is 2.56 bits per heavy atom. The van der Waals surface area contributed by atoms with Crippen LogP contribution in [-0.4, -0.2) is 37.5 Å². The van der Waals surface area contributed by atoms with Crippen LogP contribution >= 0.6 is 11.3 Å². The van der Waals surface area contributed by atoms with Crippen molar-refractivity contribution < 1.29 is 23.9 Å². The number of carbonyl (C=O) groups excluding carboxylic acids is 3.